The van der Waals surface area contributed by atoms with Gasteiger partial charge in [0, 0.05) is 48.3 Å². The van der Waals surface area contributed by atoms with E-state index in [4.69, 9.17) is 23.4 Å². The number of methoxy groups -OCH3 is 1. The Morgan fingerprint density at radius 2 is 1.53 bits per heavy atom. The van der Waals surface area contributed by atoms with Gasteiger partial charge in [0.15, 0.2) is 12.2 Å². The summed E-state index contributed by atoms with van der Waals surface area (Å²) >= 11 is 0. The summed E-state index contributed by atoms with van der Waals surface area (Å²) in [4.78, 5) is 43.5. The van der Waals surface area contributed by atoms with Crippen LogP contribution < -0.4 is 10.4 Å². The van der Waals surface area contributed by atoms with Crippen LogP contribution in [0.3, 0.4) is 0 Å². The van der Waals surface area contributed by atoms with E-state index in [-0.39, 0.29) is 36.4 Å². The Kier molecular flexibility index (Phi) is 14.2. The van der Waals surface area contributed by atoms with Crippen molar-refractivity contribution in [1.82, 2.24) is 0 Å². The highest BCUT2D eigenvalue weighted by molar-refractivity contribution is 5.90. The van der Waals surface area contributed by atoms with Gasteiger partial charge < -0.3 is 28.5 Å². The molecule has 0 radical (unpaired) electrons. The van der Waals surface area contributed by atoms with Gasteiger partial charge in [0.1, 0.15) is 16.9 Å². The van der Waals surface area contributed by atoms with Crippen LogP contribution in [0.4, 0.5) is 0 Å². The van der Waals surface area contributed by atoms with Crippen molar-refractivity contribution < 1.29 is 38.1 Å². The number of benzene rings is 5. The molecule has 68 heavy (non-hydrogen) atoms. The fourth-order valence-electron chi connectivity index (χ4n) is 10.5. The van der Waals surface area contributed by atoms with Crippen LogP contribution in [0, 0.1) is 5.92 Å². The number of aliphatic hydroxyl groups excluding tert-OH is 1. The molecule has 10 rings (SSSR count). The molecule has 6 atom stereocenters. The van der Waals surface area contributed by atoms with E-state index in [1.165, 1.54) is 16.7 Å². The maximum atomic E-state index is 15.1. The van der Waals surface area contributed by atoms with Gasteiger partial charge >= 0.3 is 17.6 Å². The van der Waals surface area contributed by atoms with Gasteiger partial charge in [-0.2, -0.15) is 0 Å². The van der Waals surface area contributed by atoms with E-state index < -0.39 is 35.4 Å². The van der Waals surface area contributed by atoms with Crippen LogP contribution in [0.1, 0.15) is 108 Å². The van der Waals surface area contributed by atoms with Gasteiger partial charge in [-0.25, -0.2) is 9.59 Å². The fraction of sp³-hybridized carbons (Fsp3) is 0.339. The summed E-state index contributed by atoms with van der Waals surface area (Å²) in [6.45, 7) is 3.62. The van der Waals surface area contributed by atoms with Gasteiger partial charge in [-0.05, 0) is 122 Å². The first kappa shape index (κ1) is 46.6. The van der Waals surface area contributed by atoms with Crippen LogP contribution in [-0.4, -0.2) is 49.1 Å². The Labute approximate surface area is 398 Å². The van der Waals surface area contributed by atoms with Crippen LogP contribution in [0.15, 0.2) is 160 Å². The molecule has 350 valence electrons. The first-order valence-corrected chi connectivity index (χ1v) is 24.0. The molecule has 9 nitrogen and oxygen atoms in total. The summed E-state index contributed by atoms with van der Waals surface area (Å²) in [5.41, 5.74) is 6.97. The molecule has 0 amide bonds. The molecule has 0 spiro atoms. The lowest BCUT2D eigenvalue weighted by Crippen LogP contribution is -2.54. The van der Waals surface area contributed by atoms with Crippen molar-refractivity contribution in [2.45, 2.75) is 101 Å². The number of esters is 2. The highest BCUT2D eigenvalue weighted by Crippen LogP contribution is 2.50. The van der Waals surface area contributed by atoms with Gasteiger partial charge in [0.25, 0.3) is 0 Å². The Hall–Kier alpha value is -6.55. The molecular weight excluding hydrogens is 853 g/mol. The first-order chi connectivity index (χ1) is 33.1. The van der Waals surface area contributed by atoms with E-state index in [2.05, 4.69) is 97.1 Å². The van der Waals surface area contributed by atoms with Crippen molar-refractivity contribution in [2.24, 2.45) is 5.92 Å². The molecule has 5 aromatic carbocycles. The summed E-state index contributed by atoms with van der Waals surface area (Å²) in [5, 5.41) is 11.0. The van der Waals surface area contributed by atoms with Gasteiger partial charge in [-0.15, -0.1) is 0 Å². The van der Waals surface area contributed by atoms with Crippen molar-refractivity contribution in [2.75, 3.05) is 20.3 Å². The maximum absolute atomic E-state index is 15.1. The lowest BCUT2D eigenvalue weighted by molar-refractivity contribution is -0.192. The number of carbonyl (C=O) groups excluding carboxylic acids is 2. The number of fused-ring (bicyclic) bond motifs is 11. The van der Waals surface area contributed by atoms with Crippen molar-refractivity contribution in [3.05, 3.63) is 206 Å². The molecule has 2 bridgehead atoms. The molecule has 4 aliphatic rings. The number of allylic oxidation sites excluding steroid dienone is 2. The standard InChI is InChI=1S/C59H60O9/c1-38(37-60)49-26-21-40-19-22-43(23-20-40)50-27-24-45(44-18-10-16-42(33-44)32-41-14-8-5-9-15-41)34-48(50)36-52(61)65-55-53-51(28-25-46-35-47(29-31-64-3)57(62)66-54(46)53)68-59(2,56(55)67-58(49)63)30-11-17-39-12-6-4-7-13-39/h4-10,12-16,18-20,22-25,27-28,33,35,45,48,50,55-56,60H,11,17,21,26,29-32,34,36-37H2,1-3H3/b49-38-/t45-,48+,50+,55-,56+,59+/m1/s1. The largest absolute Gasteiger partial charge is 0.483 e. The zero-order valence-electron chi connectivity index (χ0n) is 39.2. The van der Waals surface area contributed by atoms with E-state index in [0.717, 1.165) is 29.5 Å². The van der Waals surface area contributed by atoms with Gasteiger partial charge in [0.05, 0.1) is 18.8 Å². The van der Waals surface area contributed by atoms with E-state index in [9.17, 15) is 14.7 Å². The smallest absolute Gasteiger partial charge is 0.339 e. The number of rotatable bonds is 11. The number of carbonyl (C=O) groups is 2. The summed E-state index contributed by atoms with van der Waals surface area (Å²) in [7, 11) is 1.58. The second kappa shape index (κ2) is 20.8. The Morgan fingerprint density at radius 1 is 0.779 bits per heavy atom. The monoisotopic (exact) mass is 912 g/mol. The minimum atomic E-state index is -1.22. The quantitative estimate of drug-likeness (QED) is 0.0586. The van der Waals surface area contributed by atoms with E-state index in [1.54, 1.807) is 20.1 Å². The Bertz CT molecular complexity index is 2860. The van der Waals surface area contributed by atoms with Crippen LogP contribution in [-0.2, 0) is 49.5 Å². The molecule has 1 N–H and O–H groups in total. The topological polar surface area (TPSA) is 122 Å². The van der Waals surface area contributed by atoms with E-state index in [0.29, 0.717) is 78.5 Å². The molecule has 0 unspecified atom stereocenters. The minimum Gasteiger partial charge on any atom is -0.483 e. The fourth-order valence-corrected chi connectivity index (χ4v) is 10.5. The van der Waals surface area contributed by atoms with Crippen LogP contribution >= 0.6 is 0 Å². The molecule has 6 aromatic rings. The number of hydrogen-bond donors (Lipinski definition) is 1. The molecule has 1 aromatic heterocycles. The van der Waals surface area contributed by atoms with Crippen molar-refractivity contribution in [3.63, 3.8) is 0 Å². The highest BCUT2D eigenvalue weighted by Gasteiger charge is 2.53. The molecular formula is C59H60O9. The van der Waals surface area contributed by atoms with Crippen LogP contribution in [0.25, 0.3) is 11.0 Å². The first-order valence-electron chi connectivity index (χ1n) is 24.0. The lowest BCUT2D eigenvalue weighted by Gasteiger charge is -2.45. The Balaban J connectivity index is 1.14. The zero-order valence-corrected chi connectivity index (χ0v) is 39.2. The minimum absolute atomic E-state index is 0.0561. The van der Waals surface area contributed by atoms with Gasteiger partial charge in [-0.3, -0.25) is 4.79 Å². The molecule has 9 heteroatoms. The molecule has 4 heterocycles. The maximum Gasteiger partial charge on any atom is 0.339 e. The molecule has 0 saturated heterocycles. The number of ether oxygens (including phenoxy) is 4. The molecule has 3 aliphatic heterocycles. The summed E-state index contributed by atoms with van der Waals surface area (Å²) in [6, 6.07) is 43.2. The number of aliphatic hydroxyl groups is 1. The second-order valence-corrected chi connectivity index (χ2v) is 19.0. The molecule has 0 fully saturated rings. The predicted octanol–water partition coefficient (Wildman–Crippen LogP) is 11.0. The molecule has 0 saturated carbocycles. The normalized spacial score (nSPS) is 23.4. The SMILES string of the molecule is COCCc1cc2ccc3c(c2oc1=O)[C@H]1OC(=O)C[C@@H]2C[C@H](c4cccc(Cc5ccccc5)c4)C=C[C@H]2c2ccc(cc2)CC/C(=C(\C)CO)C(=O)O[C@@H]1[C@](C)(CCCc1ccccc1)O3. The van der Waals surface area contributed by atoms with E-state index >= 15 is 4.79 Å². The third kappa shape index (κ3) is 10.3. The van der Waals surface area contributed by atoms with Gasteiger partial charge in [-0.1, -0.05) is 121 Å². The zero-order chi connectivity index (χ0) is 47.2. The van der Waals surface area contributed by atoms with Gasteiger partial charge in [0.2, 0.25) is 0 Å². The summed E-state index contributed by atoms with van der Waals surface area (Å²) in [5.74, 6) is -0.903. The van der Waals surface area contributed by atoms with Crippen molar-refractivity contribution >= 4 is 22.9 Å². The lowest BCUT2D eigenvalue weighted by atomic mass is 9.72. The Morgan fingerprint density at radius 3 is 2.28 bits per heavy atom. The summed E-state index contributed by atoms with van der Waals surface area (Å²) in [6.07, 6.45) is 6.73. The van der Waals surface area contributed by atoms with Crippen LogP contribution in [0.5, 0.6) is 5.75 Å². The average Bonchev–Trinajstić information content (AvgIpc) is 3.35. The number of aryl methyl sites for hydroxylation is 2. The second-order valence-electron chi connectivity index (χ2n) is 19.0. The average molecular weight is 913 g/mol. The van der Waals surface area contributed by atoms with Crippen molar-refractivity contribution in [3.8, 4) is 5.75 Å². The number of hydrogen-bond acceptors (Lipinski definition) is 9. The highest BCUT2D eigenvalue weighted by atomic mass is 16.6. The molecule has 1 aliphatic carbocycles. The van der Waals surface area contributed by atoms with E-state index in [1.807, 2.05) is 43.3 Å². The third-order valence-corrected chi connectivity index (χ3v) is 14.2. The van der Waals surface area contributed by atoms with Crippen molar-refractivity contribution in [1.29, 1.82) is 0 Å². The predicted molar refractivity (Wildman–Crippen MR) is 263 cm³/mol. The van der Waals surface area contributed by atoms with Crippen LogP contribution in [0.2, 0.25) is 0 Å². The third-order valence-electron chi connectivity index (χ3n) is 14.2. The summed E-state index contributed by atoms with van der Waals surface area (Å²) < 4.78 is 31.9.